The summed E-state index contributed by atoms with van der Waals surface area (Å²) < 4.78 is 7.73. The van der Waals surface area contributed by atoms with E-state index in [2.05, 4.69) is 26.2 Å². The number of nitrogens with one attached hydrogen (secondary N) is 1. The predicted octanol–water partition coefficient (Wildman–Crippen LogP) is -2.16. The first-order chi connectivity index (χ1) is 12.0. The number of aromatic hydroxyl groups is 1. The molecule has 0 atom stereocenters. The van der Waals surface area contributed by atoms with Gasteiger partial charge in [-0.2, -0.15) is 0 Å². The molecule has 0 unspecified atom stereocenters. The summed E-state index contributed by atoms with van der Waals surface area (Å²) in [6, 6.07) is 7.09. The molecule has 0 fully saturated rings. The molecule has 3 aromatic rings. The Kier molecular flexibility index (Phi) is 8.40. The highest BCUT2D eigenvalue weighted by Crippen LogP contribution is 2.34. The summed E-state index contributed by atoms with van der Waals surface area (Å²) in [5.74, 6) is -0.321. The van der Waals surface area contributed by atoms with Crippen LogP contribution < -0.4 is 30.1 Å². The Labute approximate surface area is 177 Å². The number of esters is 1. The van der Waals surface area contributed by atoms with Crippen LogP contribution in [0.5, 0.6) is 5.75 Å². The van der Waals surface area contributed by atoms with Crippen molar-refractivity contribution in [1.82, 2.24) is 9.55 Å². The molecule has 9 heteroatoms. The van der Waals surface area contributed by atoms with Crippen LogP contribution in [-0.4, -0.2) is 27.2 Å². The predicted molar refractivity (Wildman–Crippen MR) is 99.8 cm³/mol. The van der Waals surface area contributed by atoms with Crippen LogP contribution >= 0.6 is 15.9 Å². The lowest BCUT2D eigenvalue weighted by molar-refractivity contribution is -0.00100. The number of anilines is 1. The minimum Gasteiger partial charge on any atom is -1.00 e. The summed E-state index contributed by atoms with van der Waals surface area (Å²) in [6.45, 7) is 2.49. The molecule has 2 aromatic heterocycles. The van der Waals surface area contributed by atoms with E-state index in [1.54, 1.807) is 31.5 Å². The Morgan fingerprint density at radius 3 is 2.59 bits per heavy atom. The summed E-state index contributed by atoms with van der Waals surface area (Å²) in [6.07, 6.45) is 3.40. The number of aryl methyl sites for hydroxylation is 1. The molecule has 0 aliphatic rings. The fourth-order valence-electron chi connectivity index (χ4n) is 2.79. The summed E-state index contributed by atoms with van der Waals surface area (Å²) in [4.78, 5) is 16.5. The second-order valence-electron chi connectivity index (χ2n) is 5.51. The summed E-state index contributed by atoms with van der Waals surface area (Å²) in [7, 11) is 1.89. The quantitative estimate of drug-likeness (QED) is 0.412. The second-order valence-corrected chi connectivity index (χ2v) is 6.37. The molecule has 0 aliphatic carbocycles. The Hall–Kier alpha value is -1.96. The van der Waals surface area contributed by atoms with Gasteiger partial charge in [-0.1, -0.05) is 0 Å². The molecule has 0 spiro atoms. The van der Waals surface area contributed by atoms with Crippen LogP contribution in [0.3, 0.4) is 0 Å². The van der Waals surface area contributed by atoms with Crippen molar-refractivity contribution in [1.29, 1.82) is 0 Å². The van der Waals surface area contributed by atoms with Crippen LogP contribution in [0.2, 0.25) is 0 Å². The summed E-state index contributed by atoms with van der Waals surface area (Å²) in [5.41, 5.74) is 2.98. The van der Waals surface area contributed by atoms with Crippen molar-refractivity contribution in [2.75, 3.05) is 11.9 Å². The SMILES string of the molecule is CCOC(=O)c1c(CNc2ccncc2)n(C)c2cc(Br)c(O)cc12.[Cl-].[Cl-]. The molecule has 2 N–H and O–H groups in total. The van der Waals surface area contributed by atoms with Gasteiger partial charge in [0.2, 0.25) is 0 Å². The fourth-order valence-corrected chi connectivity index (χ4v) is 3.12. The van der Waals surface area contributed by atoms with Gasteiger partial charge in [0.25, 0.3) is 0 Å². The average Bonchev–Trinajstić information content (AvgIpc) is 2.86. The number of rotatable bonds is 5. The minimum absolute atomic E-state index is 0. The third-order valence-corrected chi connectivity index (χ3v) is 4.64. The average molecular weight is 475 g/mol. The van der Waals surface area contributed by atoms with Crippen molar-refractivity contribution in [3.63, 3.8) is 0 Å². The lowest BCUT2D eigenvalue weighted by atomic mass is 10.1. The highest BCUT2D eigenvalue weighted by Gasteiger charge is 2.23. The third kappa shape index (κ3) is 4.66. The van der Waals surface area contributed by atoms with E-state index < -0.39 is 5.97 Å². The van der Waals surface area contributed by atoms with Gasteiger partial charge in [0, 0.05) is 30.5 Å². The topological polar surface area (TPSA) is 76.4 Å². The van der Waals surface area contributed by atoms with Gasteiger partial charge in [0.15, 0.2) is 0 Å². The molecule has 0 saturated heterocycles. The zero-order valence-electron chi connectivity index (χ0n) is 14.7. The van der Waals surface area contributed by atoms with Crippen molar-refractivity contribution in [2.45, 2.75) is 13.5 Å². The number of carbonyl (C=O) groups is 1. The number of fused-ring (bicyclic) bond motifs is 1. The normalized spacial score (nSPS) is 10.0. The molecular formula is C18H18BrCl2N3O3-2. The molecule has 27 heavy (non-hydrogen) atoms. The number of halogens is 3. The molecule has 6 nitrogen and oxygen atoms in total. The molecule has 2 heterocycles. The van der Waals surface area contributed by atoms with Gasteiger partial charge < -0.3 is 44.5 Å². The number of hydrogen-bond donors (Lipinski definition) is 2. The van der Waals surface area contributed by atoms with Crippen LogP contribution in [0.1, 0.15) is 23.0 Å². The van der Waals surface area contributed by atoms with Gasteiger partial charge in [-0.15, -0.1) is 0 Å². The van der Waals surface area contributed by atoms with Gasteiger partial charge in [0.05, 0.1) is 34.4 Å². The highest BCUT2D eigenvalue weighted by atomic mass is 79.9. The van der Waals surface area contributed by atoms with Crippen molar-refractivity contribution in [3.8, 4) is 5.75 Å². The third-order valence-electron chi connectivity index (χ3n) is 4.01. The smallest absolute Gasteiger partial charge is 0.340 e. The largest absolute Gasteiger partial charge is 1.00 e. The van der Waals surface area contributed by atoms with E-state index in [4.69, 9.17) is 4.74 Å². The maximum absolute atomic E-state index is 12.5. The van der Waals surface area contributed by atoms with Crippen LogP contribution in [0.4, 0.5) is 5.69 Å². The van der Waals surface area contributed by atoms with E-state index in [0.29, 0.717) is 22.0 Å². The Balaban J connectivity index is 0.00000182. The van der Waals surface area contributed by atoms with Gasteiger partial charge in [-0.25, -0.2) is 4.79 Å². The van der Waals surface area contributed by atoms with E-state index in [-0.39, 0.29) is 37.2 Å². The zero-order chi connectivity index (χ0) is 18.0. The van der Waals surface area contributed by atoms with Crippen LogP contribution in [0.15, 0.2) is 41.1 Å². The molecule has 146 valence electrons. The van der Waals surface area contributed by atoms with E-state index >= 15 is 0 Å². The van der Waals surface area contributed by atoms with Crippen LogP contribution in [0.25, 0.3) is 10.9 Å². The zero-order valence-corrected chi connectivity index (χ0v) is 17.8. The molecule has 0 saturated carbocycles. The van der Waals surface area contributed by atoms with Crippen molar-refractivity contribution in [3.05, 3.63) is 52.4 Å². The Bertz CT molecular complexity index is 933. The van der Waals surface area contributed by atoms with E-state index in [1.807, 2.05) is 23.7 Å². The molecule has 0 radical (unpaired) electrons. The highest BCUT2D eigenvalue weighted by molar-refractivity contribution is 9.10. The first kappa shape index (κ1) is 23.1. The number of phenols is 1. The number of hydrogen-bond acceptors (Lipinski definition) is 5. The van der Waals surface area contributed by atoms with Gasteiger partial charge in [-0.3, -0.25) is 4.98 Å². The molecule has 3 rings (SSSR count). The van der Waals surface area contributed by atoms with Crippen molar-refractivity contribution in [2.24, 2.45) is 7.05 Å². The summed E-state index contributed by atoms with van der Waals surface area (Å²) in [5, 5.41) is 14.0. The number of ether oxygens (including phenoxy) is 1. The number of phenolic OH excluding ortho intramolecular Hbond substituents is 1. The number of aromatic nitrogens is 2. The molecular weight excluding hydrogens is 457 g/mol. The number of nitrogens with zero attached hydrogens (tertiary/aromatic N) is 2. The van der Waals surface area contributed by atoms with Crippen molar-refractivity contribution >= 4 is 38.5 Å². The molecule has 1 aromatic carbocycles. The maximum Gasteiger partial charge on any atom is 0.340 e. The molecule has 0 bridgehead atoms. The Morgan fingerprint density at radius 2 is 1.96 bits per heavy atom. The second kappa shape index (κ2) is 9.82. The first-order valence-corrected chi connectivity index (χ1v) is 8.63. The van der Waals surface area contributed by atoms with Gasteiger partial charge in [-0.05, 0) is 47.1 Å². The van der Waals surface area contributed by atoms with E-state index in [1.165, 1.54) is 0 Å². The van der Waals surface area contributed by atoms with Crippen LogP contribution in [0, 0.1) is 0 Å². The van der Waals surface area contributed by atoms with Gasteiger partial charge in [0.1, 0.15) is 5.75 Å². The van der Waals surface area contributed by atoms with Gasteiger partial charge >= 0.3 is 5.97 Å². The van der Waals surface area contributed by atoms with E-state index in [9.17, 15) is 9.90 Å². The molecule has 0 amide bonds. The lowest BCUT2D eigenvalue weighted by Crippen LogP contribution is -3.00. The van der Waals surface area contributed by atoms with Crippen molar-refractivity contribution < 1.29 is 39.5 Å². The van der Waals surface area contributed by atoms with E-state index in [0.717, 1.165) is 16.9 Å². The maximum atomic E-state index is 12.5. The number of benzene rings is 1. The summed E-state index contributed by atoms with van der Waals surface area (Å²) >= 11 is 3.33. The van der Waals surface area contributed by atoms with Crippen LogP contribution in [-0.2, 0) is 18.3 Å². The lowest BCUT2D eigenvalue weighted by Gasteiger charge is -2.10. The molecule has 0 aliphatic heterocycles. The number of carbonyl (C=O) groups excluding carboxylic acids is 1. The Morgan fingerprint density at radius 1 is 1.30 bits per heavy atom. The fraction of sp³-hybridized carbons (Fsp3) is 0.222. The minimum atomic E-state index is -0.402. The monoisotopic (exact) mass is 473 g/mol. The first-order valence-electron chi connectivity index (χ1n) is 7.83. The standard InChI is InChI=1S/C18H18BrN3O3.2ClH/c1-3-25-18(24)17-12-8-16(23)13(19)9-14(12)22(2)15(17)10-21-11-4-6-20-7-5-11;;/h4-9,23H,3,10H2,1-2H3,(H,20,21);2*1H/p-2. The number of pyridine rings is 1.